The fraction of sp³-hybridized carbons (Fsp3) is 0.899. The molecule has 6 heteroatoms. The summed E-state index contributed by atoms with van der Waals surface area (Å²) in [6.45, 7) is 4.95. The highest BCUT2D eigenvalue weighted by Crippen LogP contribution is 2.19. The summed E-state index contributed by atoms with van der Waals surface area (Å²) in [5.74, 6) is -0.0438. The number of esters is 1. The molecule has 0 aromatic carbocycles. The fourth-order valence-corrected chi connectivity index (χ4v) is 12.3. The van der Waals surface area contributed by atoms with Crippen molar-refractivity contribution in [2.75, 3.05) is 13.2 Å². The van der Waals surface area contributed by atoms with Gasteiger partial charge in [0, 0.05) is 12.8 Å². The van der Waals surface area contributed by atoms with E-state index in [1.807, 2.05) is 6.08 Å². The van der Waals surface area contributed by atoms with Gasteiger partial charge in [-0.1, -0.05) is 391 Å². The third kappa shape index (κ3) is 71.0. The molecule has 0 saturated heterocycles. The summed E-state index contributed by atoms with van der Waals surface area (Å²) in [6.07, 6.45) is 96.9. The number of hydrogen-bond acceptors (Lipinski definition) is 5. The molecule has 2 unspecified atom stereocenters. The van der Waals surface area contributed by atoms with Crippen molar-refractivity contribution < 1.29 is 24.5 Å². The van der Waals surface area contributed by atoms with Crippen LogP contribution in [0.4, 0.5) is 0 Å². The van der Waals surface area contributed by atoms with Crippen molar-refractivity contribution in [3.63, 3.8) is 0 Å². The zero-order valence-electron chi connectivity index (χ0n) is 57.6. The monoisotopic (exact) mass is 1190 g/mol. The lowest BCUT2D eigenvalue weighted by atomic mass is 10.0. The maximum Gasteiger partial charge on any atom is 0.305 e. The van der Waals surface area contributed by atoms with Gasteiger partial charge in [0.15, 0.2) is 0 Å². The molecule has 2 atom stereocenters. The standard InChI is InChI=1S/C79H151NO5/c1-3-5-7-9-11-13-15-17-19-21-41-45-49-53-57-61-65-69-73-79(84)85-74-70-66-62-58-54-50-46-42-38-36-34-32-30-28-26-24-22-23-25-27-29-31-33-35-37-40-44-48-52-56-60-64-68-72-78(83)80-76(75-81)77(82)71-67-63-59-55-51-47-43-39-20-18-16-14-12-10-8-6-4-2/h26,28,32,34,67,71,76-77,81-82H,3-25,27,29-31,33,35-66,68-70,72-75H2,1-2H3,(H,80,83)/b28-26-,34-32-,71-67+. The third-order valence-electron chi connectivity index (χ3n) is 18.2. The Morgan fingerprint density at radius 3 is 0.894 bits per heavy atom. The van der Waals surface area contributed by atoms with E-state index in [4.69, 9.17) is 4.74 Å². The van der Waals surface area contributed by atoms with Crippen LogP contribution in [0, 0.1) is 0 Å². The molecule has 0 saturated carbocycles. The number of nitrogens with one attached hydrogen (secondary N) is 1. The van der Waals surface area contributed by atoms with E-state index in [1.54, 1.807) is 6.08 Å². The van der Waals surface area contributed by atoms with Gasteiger partial charge in [-0.05, 0) is 64.2 Å². The number of amides is 1. The van der Waals surface area contributed by atoms with Crippen LogP contribution in [0.25, 0.3) is 0 Å². The Labute approximate surface area is 532 Å². The molecule has 1 amide bonds. The summed E-state index contributed by atoms with van der Waals surface area (Å²) in [5, 5.41) is 23.2. The zero-order valence-corrected chi connectivity index (χ0v) is 57.6. The van der Waals surface area contributed by atoms with Crippen LogP contribution in [0.15, 0.2) is 36.5 Å². The van der Waals surface area contributed by atoms with Crippen LogP contribution < -0.4 is 5.32 Å². The Balaban J connectivity index is 3.38. The topological polar surface area (TPSA) is 95.9 Å². The van der Waals surface area contributed by atoms with Crippen molar-refractivity contribution in [2.24, 2.45) is 0 Å². The molecular formula is C79H151NO5. The second kappa shape index (κ2) is 74.5. The fourth-order valence-electron chi connectivity index (χ4n) is 12.3. The highest BCUT2D eigenvalue weighted by Gasteiger charge is 2.18. The van der Waals surface area contributed by atoms with Gasteiger partial charge >= 0.3 is 5.97 Å². The Morgan fingerprint density at radius 2 is 0.588 bits per heavy atom. The maximum atomic E-state index is 12.5. The van der Waals surface area contributed by atoms with E-state index < -0.39 is 12.1 Å². The van der Waals surface area contributed by atoms with Crippen LogP contribution >= 0.6 is 0 Å². The first-order chi connectivity index (χ1) is 42.0. The maximum absolute atomic E-state index is 12.5. The zero-order chi connectivity index (χ0) is 61.3. The van der Waals surface area contributed by atoms with E-state index in [2.05, 4.69) is 43.5 Å². The van der Waals surface area contributed by atoms with Gasteiger partial charge in [-0.3, -0.25) is 9.59 Å². The summed E-state index contributed by atoms with van der Waals surface area (Å²) >= 11 is 0. The number of carbonyl (C=O) groups is 2. The second-order valence-electron chi connectivity index (χ2n) is 26.7. The van der Waals surface area contributed by atoms with Gasteiger partial charge in [-0.2, -0.15) is 0 Å². The largest absolute Gasteiger partial charge is 0.466 e. The highest BCUT2D eigenvalue weighted by molar-refractivity contribution is 5.76. The molecule has 0 aliphatic rings. The summed E-state index contributed by atoms with van der Waals surface area (Å²) < 4.78 is 5.51. The van der Waals surface area contributed by atoms with Crippen molar-refractivity contribution in [1.29, 1.82) is 0 Å². The van der Waals surface area contributed by atoms with E-state index in [-0.39, 0.29) is 18.5 Å². The number of aliphatic hydroxyl groups excluding tert-OH is 2. The lowest BCUT2D eigenvalue weighted by molar-refractivity contribution is -0.143. The number of rotatable bonds is 73. The lowest BCUT2D eigenvalue weighted by Gasteiger charge is -2.20. The van der Waals surface area contributed by atoms with E-state index >= 15 is 0 Å². The Morgan fingerprint density at radius 1 is 0.329 bits per heavy atom. The molecule has 6 nitrogen and oxygen atoms in total. The predicted octanol–water partition coefficient (Wildman–Crippen LogP) is 25.4. The van der Waals surface area contributed by atoms with Gasteiger partial charge in [0.05, 0.1) is 25.4 Å². The number of hydrogen-bond donors (Lipinski definition) is 3. The molecule has 0 radical (unpaired) electrons. The van der Waals surface area contributed by atoms with Crippen LogP contribution in [-0.2, 0) is 14.3 Å². The van der Waals surface area contributed by atoms with Crippen LogP contribution in [0.5, 0.6) is 0 Å². The molecular weight excluding hydrogens is 1040 g/mol. The van der Waals surface area contributed by atoms with Crippen molar-refractivity contribution in [2.45, 2.75) is 443 Å². The van der Waals surface area contributed by atoms with E-state index in [0.717, 1.165) is 44.9 Å². The summed E-state index contributed by atoms with van der Waals surface area (Å²) in [5.41, 5.74) is 0. The molecule has 502 valence electrons. The number of aliphatic hydroxyl groups is 2. The Hall–Kier alpha value is -1.92. The average Bonchev–Trinajstić information content (AvgIpc) is 3.51. The number of allylic oxidation sites excluding steroid dienone is 5. The first kappa shape index (κ1) is 83.1. The molecule has 85 heavy (non-hydrogen) atoms. The highest BCUT2D eigenvalue weighted by atomic mass is 16.5. The second-order valence-corrected chi connectivity index (χ2v) is 26.7. The molecule has 3 N–H and O–H groups in total. The molecule has 0 aliphatic heterocycles. The van der Waals surface area contributed by atoms with Crippen LogP contribution in [-0.4, -0.2) is 47.4 Å². The normalized spacial score (nSPS) is 12.7. The third-order valence-corrected chi connectivity index (χ3v) is 18.2. The van der Waals surface area contributed by atoms with Gasteiger partial charge < -0.3 is 20.3 Å². The van der Waals surface area contributed by atoms with Gasteiger partial charge in [0.25, 0.3) is 0 Å². The summed E-state index contributed by atoms with van der Waals surface area (Å²) in [7, 11) is 0. The average molecular weight is 1200 g/mol. The Bertz CT molecular complexity index is 1380. The lowest BCUT2D eigenvalue weighted by Crippen LogP contribution is -2.45. The van der Waals surface area contributed by atoms with Crippen molar-refractivity contribution in [3.05, 3.63) is 36.5 Å². The van der Waals surface area contributed by atoms with Crippen molar-refractivity contribution >= 4 is 11.9 Å². The number of carbonyl (C=O) groups excluding carboxylic acids is 2. The minimum Gasteiger partial charge on any atom is -0.466 e. The molecule has 0 aromatic heterocycles. The molecule has 0 aliphatic carbocycles. The quantitative estimate of drug-likeness (QED) is 0.0320. The Kier molecular flexibility index (Phi) is 72.9. The SMILES string of the molecule is CCCCCCCCCCCCCCCCC/C=C/C(O)C(CO)NC(=O)CCCCCCCCCCCCCCCCCCC/C=C\C/C=C\CCCCCCCCCCCOC(=O)CCCCCCCCCCCCCCCCCCCC. The number of unbranched alkanes of at least 4 members (excludes halogenated alkanes) is 58. The van der Waals surface area contributed by atoms with Crippen LogP contribution in [0.3, 0.4) is 0 Å². The van der Waals surface area contributed by atoms with Crippen LogP contribution in [0.2, 0.25) is 0 Å². The van der Waals surface area contributed by atoms with E-state index in [0.29, 0.717) is 19.4 Å². The first-order valence-corrected chi connectivity index (χ1v) is 38.8. The van der Waals surface area contributed by atoms with E-state index in [1.165, 1.54) is 360 Å². The summed E-state index contributed by atoms with van der Waals surface area (Å²) in [4.78, 5) is 24.6. The molecule has 0 fully saturated rings. The van der Waals surface area contributed by atoms with Crippen molar-refractivity contribution in [3.8, 4) is 0 Å². The molecule has 0 rings (SSSR count). The first-order valence-electron chi connectivity index (χ1n) is 38.8. The molecule has 0 heterocycles. The molecule has 0 bridgehead atoms. The summed E-state index contributed by atoms with van der Waals surface area (Å²) in [6, 6.07) is -0.627. The molecule has 0 aromatic rings. The van der Waals surface area contributed by atoms with Gasteiger partial charge in [0.2, 0.25) is 5.91 Å². The predicted molar refractivity (Wildman–Crippen MR) is 375 cm³/mol. The van der Waals surface area contributed by atoms with E-state index in [9.17, 15) is 19.8 Å². The van der Waals surface area contributed by atoms with Gasteiger partial charge in [-0.25, -0.2) is 0 Å². The van der Waals surface area contributed by atoms with Crippen molar-refractivity contribution in [1.82, 2.24) is 5.32 Å². The molecule has 0 spiro atoms. The minimum absolute atomic E-state index is 0.0190. The van der Waals surface area contributed by atoms with Gasteiger partial charge in [0.1, 0.15) is 0 Å². The number of ether oxygens (including phenoxy) is 1. The minimum atomic E-state index is -0.844. The smallest absolute Gasteiger partial charge is 0.305 e. The van der Waals surface area contributed by atoms with Gasteiger partial charge in [-0.15, -0.1) is 0 Å². The van der Waals surface area contributed by atoms with Crippen LogP contribution in [0.1, 0.15) is 431 Å².